The molecule has 0 atom stereocenters. The van der Waals surface area contributed by atoms with Crippen LogP contribution in [0.4, 0.5) is 14.9 Å². The summed E-state index contributed by atoms with van der Waals surface area (Å²) in [7, 11) is 0. The van der Waals surface area contributed by atoms with Gasteiger partial charge >= 0.3 is 6.09 Å². The number of fused-ring (bicyclic) bond motifs is 1. The number of hydrogen-bond acceptors (Lipinski definition) is 7. The summed E-state index contributed by atoms with van der Waals surface area (Å²) >= 11 is 0. The van der Waals surface area contributed by atoms with Crippen molar-refractivity contribution < 1.29 is 28.2 Å². The number of anilines is 1. The van der Waals surface area contributed by atoms with Gasteiger partial charge in [-0.1, -0.05) is 6.92 Å². The second-order valence-electron chi connectivity index (χ2n) is 8.15. The molecule has 0 unspecified atom stereocenters. The SMILES string of the molecule is CCNCCNC(=O)c1c(C)[nH]c(/C=C2\C(=O)N(C(=O)OCCOCCN)c3ccc(F)cc32)c1C. The first-order valence-electron chi connectivity index (χ1n) is 11.8. The monoisotopic (exact) mass is 501 g/mol. The Hall–Kier alpha value is -3.54. The van der Waals surface area contributed by atoms with Crippen LogP contribution in [0.2, 0.25) is 0 Å². The number of rotatable bonds is 11. The van der Waals surface area contributed by atoms with Gasteiger partial charge < -0.3 is 30.8 Å². The molecule has 0 saturated carbocycles. The number of halogens is 1. The number of aryl methyl sites for hydroxylation is 1. The van der Waals surface area contributed by atoms with Gasteiger partial charge in [0, 0.05) is 36.6 Å². The van der Waals surface area contributed by atoms with Crippen LogP contribution in [-0.4, -0.2) is 68.9 Å². The highest BCUT2D eigenvalue weighted by Gasteiger charge is 2.38. The Morgan fingerprint density at radius 2 is 1.97 bits per heavy atom. The maximum atomic E-state index is 14.1. The molecule has 36 heavy (non-hydrogen) atoms. The first-order chi connectivity index (χ1) is 17.3. The van der Waals surface area contributed by atoms with E-state index in [1.165, 1.54) is 24.3 Å². The number of aromatic amines is 1. The van der Waals surface area contributed by atoms with Gasteiger partial charge in [0.05, 0.1) is 30.0 Å². The lowest BCUT2D eigenvalue weighted by Crippen LogP contribution is -2.34. The Balaban J connectivity index is 1.87. The highest BCUT2D eigenvalue weighted by atomic mass is 19.1. The Morgan fingerprint density at radius 1 is 1.19 bits per heavy atom. The van der Waals surface area contributed by atoms with E-state index in [1.54, 1.807) is 13.8 Å². The number of nitrogens with two attached hydrogens (primary N) is 1. The van der Waals surface area contributed by atoms with Gasteiger partial charge in [-0.15, -0.1) is 0 Å². The Labute approximate surface area is 209 Å². The lowest BCUT2D eigenvalue weighted by Gasteiger charge is -2.15. The van der Waals surface area contributed by atoms with E-state index in [1.807, 2.05) is 6.92 Å². The van der Waals surface area contributed by atoms with Gasteiger partial charge in [0.15, 0.2) is 0 Å². The summed E-state index contributed by atoms with van der Waals surface area (Å²) < 4.78 is 24.5. The highest BCUT2D eigenvalue weighted by Crippen LogP contribution is 2.39. The number of carbonyl (C=O) groups excluding carboxylic acids is 3. The number of hydrogen-bond donors (Lipinski definition) is 4. The average molecular weight is 502 g/mol. The van der Waals surface area contributed by atoms with Crippen molar-refractivity contribution in [2.24, 2.45) is 5.73 Å². The zero-order valence-electron chi connectivity index (χ0n) is 20.7. The van der Waals surface area contributed by atoms with Gasteiger partial charge in [-0.05, 0) is 50.2 Å². The van der Waals surface area contributed by atoms with E-state index in [2.05, 4.69) is 15.6 Å². The van der Waals surface area contributed by atoms with Crippen LogP contribution in [0.15, 0.2) is 18.2 Å². The second kappa shape index (κ2) is 12.4. The fourth-order valence-electron chi connectivity index (χ4n) is 3.96. The summed E-state index contributed by atoms with van der Waals surface area (Å²) in [6, 6.07) is 3.71. The summed E-state index contributed by atoms with van der Waals surface area (Å²) in [4.78, 5) is 42.7. The van der Waals surface area contributed by atoms with Crippen LogP contribution in [0.1, 0.15) is 39.8 Å². The number of benzene rings is 1. The van der Waals surface area contributed by atoms with Crippen LogP contribution in [0, 0.1) is 19.7 Å². The standard InChI is InChI=1S/C25H32FN5O5/c1-4-28-8-9-29-23(32)22-15(2)20(30-16(22)3)14-19-18-13-17(26)5-6-21(18)31(24(19)33)25(34)36-12-11-35-10-7-27/h5-6,13-14,28,30H,4,7-12,27H2,1-3H3,(H,29,32)/b19-14-. The van der Waals surface area contributed by atoms with Crippen LogP contribution in [0.25, 0.3) is 11.6 Å². The van der Waals surface area contributed by atoms with Crippen LogP contribution >= 0.6 is 0 Å². The molecule has 2 heterocycles. The molecule has 0 saturated heterocycles. The third-order valence-corrected chi connectivity index (χ3v) is 5.65. The third-order valence-electron chi connectivity index (χ3n) is 5.65. The zero-order chi connectivity index (χ0) is 26.2. The maximum Gasteiger partial charge on any atom is 0.421 e. The normalized spacial score (nSPS) is 13.9. The van der Waals surface area contributed by atoms with Crippen LogP contribution in [0.3, 0.4) is 0 Å². The number of carbonyl (C=O) groups is 3. The fourth-order valence-corrected chi connectivity index (χ4v) is 3.96. The number of H-pyrrole nitrogens is 1. The Morgan fingerprint density at radius 3 is 2.69 bits per heavy atom. The Bertz CT molecular complexity index is 1160. The summed E-state index contributed by atoms with van der Waals surface area (Å²) in [5.74, 6) is -1.46. The van der Waals surface area contributed by atoms with Crippen LogP contribution < -0.4 is 21.3 Å². The summed E-state index contributed by atoms with van der Waals surface area (Å²) in [5, 5.41) is 6.00. The number of nitrogens with zero attached hydrogens (tertiary/aromatic N) is 1. The minimum Gasteiger partial charge on any atom is -0.446 e. The summed E-state index contributed by atoms with van der Waals surface area (Å²) in [6.45, 7) is 8.12. The molecular formula is C25H32FN5O5. The van der Waals surface area contributed by atoms with Gasteiger partial charge in [0.2, 0.25) is 0 Å². The lowest BCUT2D eigenvalue weighted by atomic mass is 10.0. The van der Waals surface area contributed by atoms with Crippen molar-refractivity contribution in [1.82, 2.24) is 15.6 Å². The second-order valence-corrected chi connectivity index (χ2v) is 8.15. The number of amides is 3. The first kappa shape index (κ1) is 27.1. The minimum atomic E-state index is -0.896. The van der Waals surface area contributed by atoms with E-state index in [9.17, 15) is 18.8 Å². The predicted octanol–water partition coefficient (Wildman–Crippen LogP) is 2.11. The molecule has 194 valence electrons. The molecule has 0 bridgehead atoms. The molecule has 3 rings (SSSR count). The van der Waals surface area contributed by atoms with Gasteiger partial charge in [0.25, 0.3) is 11.8 Å². The fraction of sp³-hybridized carbons (Fsp3) is 0.400. The number of aromatic nitrogens is 1. The van der Waals surface area contributed by atoms with Crippen LogP contribution in [0.5, 0.6) is 0 Å². The third kappa shape index (κ3) is 5.99. The van der Waals surface area contributed by atoms with Crippen molar-refractivity contribution >= 4 is 35.2 Å². The van der Waals surface area contributed by atoms with Gasteiger partial charge in [-0.2, -0.15) is 0 Å². The topological polar surface area (TPSA) is 139 Å². The molecule has 1 aromatic heterocycles. The van der Waals surface area contributed by atoms with Crippen molar-refractivity contribution in [3.05, 3.63) is 52.1 Å². The minimum absolute atomic E-state index is 0.0701. The van der Waals surface area contributed by atoms with Gasteiger partial charge in [-0.25, -0.2) is 14.1 Å². The smallest absolute Gasteiger partial charge is 0.421 e. The van der Waals surface area contributed by atoms with E-state index < -0.39 is 17.8 Å². The highest BCUT2D eigenvalue weighted by molar-refractivity contribution is 6.41. The summed E-state index contributed by atoms with van der Waals surface area (Å²) in [5.41, 5.74) is 8.15. The first-order valence-corrected chi connectivity index (χ1v) is 11.8. The van der Waals surface area contributed by atoms with E-state index >= 15 is 0 Å². The molecule has 0 fully saturated rings. The molecule has 0 radical (unpaired) electrons. The van der Waals surface area contributed by atoms with Crippen molar-refractivity contribution in [3.8, 4) is 0 Å². The van der Waals surface area contributed by atoms with E-state index in [-0.39, 0.29) is 35.9 Å². The Kier molecular flexibility index (Phi) is 9.34. The molecule has 5 N–H and O–H groups in total. The van der Waals surface area contributed by atoms with Crippen molar-refractivity contribution in [2.75, 3.05) is 50.9 Å². The molecule has 2 aromatic rings. The van der Waals surface area contributed by atoms with Gasteiger partial charge in [-0.3, -0.25) is 9.59 Å². The van der Waals surface area contributed by atoms with Gasteiger partial charge in [0.1, 0.15) is 12.4 Å². The van der Waals surface area contributed by atoms with Crippen molar-refractivity contribution in [3.63, 3.8) is 0 Å². The van der Waals surface area contributed by atoms with Crippen LogP contribution in [-0.2, 0) is 14.3 Å². The van der Waals surface area contributed by atoms with Crippen molar-refractivity contribution in [2.45, 2.75) is 20.8 Å². The molecule has 1 aromatic carbocycles. The van der Waals surface area contributed by atoms with E-state index in [0.717, 1.165) is 11.4 Å². The average Bonchev–Trinajstić information content (AvgIpc) is 3.28. The van der Waals surface area contributed by atoms with E-state index in [4.69, 9.17) is 15.2 Å². The lowest BCUT2D eigenvalue weighted by molar-refractivity contribution is -0.112. The van der Waals surface area contributed by atoms with E-state index in [0.29, 0.717) is 48.8 Å². The predicted molar refractivity (Wildman–Crippen MR) is 134 cm³/mol. The molecule has 1 aliphatic rings. The molecule has 1 aliphatic heterocycles. The number of nitrogens with one attached hydrogen (secondary N) is 3. The molecule has 3 amide bonds. The quantitative estimate of drug-likeness (QED) is 0.273. The largest absolute Gasteiger partial charge is 0.446 e. The van der Waals surface area contributed by atoms with Crippen molar-refractivity contribution in [1.29, 1.82) is 0 Å². The molecular weight excluding hydrogens is 469 g/mol. The molecule has 0 spiro atoms. The number of ether oxygens (including phenoxy) is 2. The maximum absolute atomic E-state index is 14.1. The zero-order valence-corrected chi connectivity index (χ0v) is 20.7. The molecule has 11 heteroatoms. The molecule has 0 aliphatic carbocycles. The number of likely N-dealkylation sites (N-methyl/N-ethyl adjacent to an activating group) is 1. The molecule has 10 nitrogen and oxygen atoms in total. The summed E-state index contributed by atoms with van der Waals surface area (Å²) in [6.07, 6.45) is 0.628. The number of imide groups is 1.